The Morgan fingerprint density at radius 3 is 2.95 bits per heavy atom. The minimum absolute atomic E-state index is 0.0258. The Kier molecular flexibility index (Phi) is 6.07. The molecule has 1 aromatic heterocycles. The van der Waals surface area contributed by atoms with Crippen LogP contribution in [0, 0.1) is 6.92 Å². The molecule has 0 spiro atoms. The smallest absolute Gasteiger partial charge is 0.230 e. The third kappa shape index (κ3) is 5.06. The van der Waals surface area contributed by atoms with E-state index in [-0.39, 0.29) is 5.91 Å². The Hall–Kier alpha value is -1.53. The van der Waals surface area contributed by atoms with Gasteiger partial charge in [-0.05, 0) is 13.0 Å². The van der Waals surface area contributed by atoms with Crippen LogP contribution >= 0.6 is 23.1 Å². The Morgan fingerprint density at radius 2 is 2.24 bits per heavy atom. The average Bonchev–Trinajstić information content (AvgIpc) is 2.91. The average molecular weight is 322 g/mol. The fourth-order valence-electron chi connectivity index (χ4n) is 1.82. The number of carbonyl (C=O) groups excluding carboxylic acids is 1. The highest BCUT2D eigenvalue weighted by Gasteiger charge is 2.06. The molecule has 6 heteroatoms. The Bertz CT molecular complexity index is 599. The lowest BCUT2D eigenvalue weighted by Crippen LogP contribution is -2.24. The first-order valence-corrected chi connectivity index (χ1v) is 8.60. The van der Waals surface area contributed by atoms with E-state index in [1.807, 2.05) is 36.6 Å². The third-order valence-corrected chi connectivity index (χ3v) is 4.61. The molecule has 0 saturated heterocycles. The highest BCUT2D eigenvalue weighted by molar-refractivity contribution is 7.99. The summed E-state index contributed by atoms with van der Waals surface area (Å²) in [5.74, 6) is 2.03. The molecule has 1 aromatic carbocycles. The van der Waals surface area contributed by atoms with Crippen molar-refractivity contribution in [3.05, 3.63) is 45.9 Å². The van der Waals surface area contributed by atoms with Crippen LogP contribution in [0.15, 0.2) is 29.6 Å². The molecule has 0 bridgehead atoms. The van der Waals surface area contributed by atoms with E-state index in [0.29, 0.717) is 12.3 Å². The van der Waals surface area contributed by atoms with Gasteiger partial charge in [-0.25, -0.2) is 4.98 Å². The molecule has 1 heterocycles. The van der Waals surface area contributed by atoms with E-state index >= 15 is 0 Å². The molecule has 0 radical (unpaired) electrons. The van der Waals surface area contributed by atoms with E-state index in [1.54, 1.807) is 30.2 Å². The van der Waals surface area contributed by atoms with E-state index < -0.39 is 0 Å². The van der Waals surface area contributed by atoms with Gasteiger partial charge in [-0.1, -0.05) is 18.2 Å². The van der Waals surface area contributed by atoms with Crippen LogP contribution in [0.25, 0.3) is 0 Å². The number of amides is 1. The van der Waals surface area contributed by atoms with Gasteiger partial charge in [-0.15, -0.1) is 23.1 Å². The zero-order chi connectivity index (χ0) is 15.1. The molecular weight excluding hydrogens is 304 g/mol. The molecule has 0 aliphatic rings. The van der Waals surface area contributed by atoms with E-state index in [0.717, 1.165) is 27.8 Å². The van der Waals surface area contributed by atoms with Crippen LogP contribution in [0.5, 0.6) is 5.75 Å². The van der Waals surface area contributed by atoms with Crippen molar-refractivity contribution in [2.24, 2.45) is 0 Å². The molecule has 0 atom stereocenters. The number of hydrogen-bond acceptors (Lipinski definition) is 5. The van der Waals surface area contributed by atoms with E-state index in [1.165, 1.54) is 0 Å². The number of ether oxygens (including phenoxy) is 1. The summed E-state index contributed by atoms with van der Waals surface area (Å²) in [6.07, 6.45) is 0. The molecule has 4 nitrogen and oxygen atoms in total. The summed E-state index contributed by atoms with van der Waals surface area (Å²) in [6, 6.07) is 7.68. The lowest BCUT2D eigenvalue weighted by molar-refractivity contribution is -0.118. The van der Waals surface area contributed by atoms with Gasteiger partial charge in [0.15, 0.2) is 0 Å². The van der Waals surface area contributed by atoms with Crippen molar-refractivity contribution in [3.63, 3.8) is 0 Å². The number of nitrogens with zero attached hydrogens (tertiary/aromatic N) is 1. The number of methoxy groups -OCH3 is 1. The van der Waals surface area contributed by atoms with Gasteiger partial charge < -0.3 is 10.1 Å². The number of benzene rings is 1. The molecule has 21 heavy (non-hydrogen) atoms. The van der Waals surface area contributed by atoms with Crippen molar-refractivity contribution >= 4 is 29.0 Å². The zero-order valence-corrected chi connectivity index (χ0v) is 13.7. The normalized spacial score (nSPS) is 10.4. The van der Waals surface area contributed by atoms with Crippen LogP contribution in [0.4, 0.5) is 0 Å². The maximum absolute atomic E-state index is 11.8. The quantitative estimate of drug-likeness (QED) is 0.851. The van der Waals surface area contributed by atoms with E-state index in [4.69, 9.17) is 4.74 Å². The maximum atomic E-state index is 11.8. The molecular formula is C15H18N2O2S2. The summed E-state index contributed by atoms with van der Waals surface area (Å²) in [5.41, 5.74) is 2.02. The lowest BCUT2D eigenvalue weighted by Gasteiger charge is -2.09. The van der Waals surface area contributed by atoms with Gasteiger partial charge in [-0.3, -0.25) is 4.79 Å². The molecule has 0 unspecified atom stereocenters. The number of aryl methyl sites for hydroxylation is 1. The Morgan fingerprint density at radius 1 is 1.43 bits per heavy atom. The maximum Gasteiger partial charge on any atom is 0.230 e. The minimum atomic E-state index is 0.0258. The van der Waals surface area contributed by atoms with Gasteiger partial charge in [-0.2, -0.15) is 0 Å². The Labute approximate surface area is 132 Å². The predicted molar refractivity (Wildman–Crippen MR) is 87.9 cm³/mol. The summed E-state index contributed by atoms with van der Waals surface area (Å²) in [6.45, 7) is 2.47. The molecule has 1 amide bonds. The van der Waals surface area contributed by atoms with Gasteiger partial charge in [0.1, 0.15) is 5.75 Å². The number of aromatic nitrogens is 1. The number of thioether (sulfide) groups is 1. The largest absolute Gasteiger partial charge is 0.496 e. The molecule has 0 fully saturated rings. The molecule has 2 aromatic rings. The van der Waals surface area contributed by atoms with Gasteiger partial charge in [0.25, 0.3) is 0 Å². The fraction of sp³-hybridized carbons (Fsp3) is 0.333. The van der Waals surface area contributed by atoms with E-state index in [2.05, 4.69) is 10.3 Å². The second-order valence-electron chi connectivity index (χ2n) is 4.44. The first-order valence-electron chi connectivity index (χ1n) is 6.56. The topological polar surface area (TPSA) is 51.2 Å². The Balaban J connectivity index is 1.72. The van der Waals surface area contributed by atoms with Crippen molar-refractivity contribution in [2.45, 2.75) is 19.2 Å². The number of carbonyl (C=O) groups is 1. The van der Waals surface area contributed by atoms with Crippen molar-refractivity contribution in [1.82, 2.24) is 10.3 Å². The highest BCUT2D eigenvalue weighted by Crippen LogP contribution is 2.17. The summed E-state index contributed by atoms with van der Waals surface area (Å²) >= 11 is 3.21. The molecule has 112 valence electrons. The van der Waals surface area contributed by atoms with Crippen molar-refractivity contribution < 1.29 is 9.53 Å². The molecule has 1 N–H and O–H groups in total. The molecule has 0 aliphatic heterocycles. The van der Waals surface area contributed by atoms with E-state index in [9.17, 15) is 4.79 Å². The first-order chi connectivity index (χ1) is 10.2. The second-order valence-corrected chi connectivity index (χ2v) is 6.49. The second kappa shape index (κ2) is 8.05. The number of para-hydroxylation sites is 1. The van der Waals surface area contributed by atoms with Crippen LogP contribution in [0.2, 0.25) is 0 Å². The summed E-state index contributed by atoms with van der Waals surface area (Å²) in [7, 11) is 1.63. The summed E-state index contributed by atoms with van der Waals surface area (Å²) in [5, 5.41) is 6.01. The first kappa shape index (κ1) is 15.9. The molecule has 2 rings (SSSR count). The van der Waals surface area contributed by atoms with Crippen molar-refractivity contribution in [1.29, 1.82) is 0 Å². The predicted octanol–water partition coefficient (Wildman–Crippen LogP) is 3.01. The third-order valence-electron chi connectivity index (χ3n) is 2.82. The number of thiazole rings is 1. The number of hydrogen-bond donors (Lipinski definition) is 1. The van der Waals surface area contributed by atoms with Gasteiger partial charge in [0, 0.05) is 23.2 Å². The van der Waals surface area contributed by atoms with Crippen LogP contribution in [-0.4, -0.2) is 23.8 Å². The number of rotatable bonds is 7. The van der Waals surface area contributed by atoms with Crippen molar-refractivity contribution in [3.8, 4) is 5.75 Å². The molecule has 0 saturated carbocycles. The number of nitrogens with one attached hydrogen (secondary N) is 1. The standard InChI is InChI=1S/C15H18N2O2S2/c1-11-17-13(9-21-11)8-20-10-15(18)16-7-12-5-3-4-6-14(12)19-2/h3-6,9H,7-8,10H2,1-2H3,(H,16,18). The minimum Gasteiger partial charge on any atom is -0.496 e. The van der Waals surface area contributed by atoms with Gasteiger partial charge >= 0.3 is 0 Å². The van der Waals surface area contributed by atoms with Crippen LogP contribution < -0.4 is 10.1 Å². The lowest BCUT2D eigenvalue weighted by atomic mass is 10.2. The highest BCUT2D eigenvalue weighted by atomic mass is 32.2. The van der Waals surface area contributed by atoms with Gasteiger partial charge in [0.05, 0.1) is 23.6 Å². The summed E-state index contributed by atoms with van der Waals surface area (Å²) in [4.78, 5) is 16.2. The monoisotopic (exact) mass is 322 g/mol. The summed E-state index contributed by atoms with van der Waals surface area (Å²) < 4.78 is 5.26. The van der Waals surface area contributed by atoms with Crippen molar-refractivity contribution in [2.75, 3.05) is 12.9 Å². The molecule has 0 aliphatic carbocycles. The van der Waals surface area contributed by atoms with Crippen LogP contribution in [0.1, 0.15) is 16.3 Å². The zero-order valence-electron chi connectivity index (χ0n) is 12.1. The SMILES string of the molecule is COc1ccccc1CNC(=O)CSCc1csc(C)n1. The van der Waals surface area contributed by atoms with Gasteiger partial charge in [0.2, 0.25) is 5.91 Å². The van der Waals surface area contributed by atoms with Crippen LogP contribution in [-0.2, 0) is 17.1 Å². The van der Waals surface area contributed by atoms with Crippen LogP contribution in [0.3, 0.4) is 0 Å². The fourth-order valence-corrected chi connectivity index (χ4v) is 3.28.